The van der Waals surface area contributed by atoms with E-state index in [1.807, 2.05) is 0 Å². The summed E-state index contributed by atoms with van der Waals surface area (Å²) in [5.41, 5.74) is -0.634. The largest absolute Gasteiger partial charge is 0.462 e. The molecule has 0 N–H and O–H groups in total. The van der Waals surface area contributed by atoms with Crippen molar-refractivity contribution in [1.82, 2.24) is 0 Å². The predicted molar refractivity (Wildman–Crippen MR) is 90.7 cm³/mol. The summed E-state index contributed by atoms with van der Waals surface area (Å²) in [6, 6.07) is 4.04. The lowest BCUT2D eigenvalue weighted by atomic mass is 9.77. The molecule has 2 saturated heterocycles. The molecule has 9 heteroatoms. The summed E-state index contributed by atoms with van der Waals surface area (Å²) in [4.78, 5) is 48.9. The van der Waals surface area contributed by atoms with Gasteiger partial charge < -0.3 is 9.47 Å². The van der Waals surface area contributed by atoms with Gasteiger partial charge in [0.2, 0.25) is 11.8 Å². The first-order chi connectivity index (χ1) is 12.7. The number of carbonyl (C=O) groups excluding carboxylic acids is 3. The van der Waals surface area contributed by atoms with Crippen LogP contribution in [0.1, 0.15) is 12.5 Å². The number of aryl methyl sites for hydroxylation is 1. The average molecular weight is 372 g/mol. The second kappa shape index (κ2) is 5.71. The van der Waals surface area contributed by atoms with E-state index < -0.39 is 46.2 Å². The number of non-ortho nitro benzene ring substituents is 1. The number of benzene rings is 1. The van der Waals surface area contributed by atoms with Crippen molar-refractivity contribution in [3.8, 4) is 0 Å². The number of hydrogen-bond donors (Lipinski definition) is 0. The minimum absolute atomic E-state index is 0.169. The zero-order valence-electron chi connectivity index (χ0n) is 14.6. The summed E-state index contributed by atoms with van der Waals surface area (Å²) in [7, 11) is 0. The molecular weight excluding hydrogens is 356 g/mol. The van der Waals surface area contributed by atoms with Crippen LogP contribution in [-0.2, 0) is 23.9 Å². The first kappa shape index (κ1) is 17.3. The number of nitro groups is 1. The van der Waals surface area contributed by atoms with Gasteiger partial charge in [0, 0.05) is 19.1 Å². The smallest absolute Gasteiger partial charge is 0.302 e. The Hall–Kier alpha value is -3.07. The lowest BCUT2D eigenvalue weighted by molar-refractivity contribution is -0.384. The maximum Gasteiger partial charge on any atom is 0.302 e. The van der Waals surface area contributed by atoms with Crippen molar-refractivity contribution in [2.75, 3.05) is 11.5 Å². The quantitative estimate of drug-likeness (QED) is 0.257. The minimum atomic E-state index is -1.18. The summed E-state index contributed by atoms with van der Waals surface area (Å²) in [6.07, 6.45) is 2.77. The number of fused-ring (bicyclic) bond motifs is 5. The van der Waals surface area contributed by atoms with E-state index in [9.17, 15) is 24.5 Å². The van der Waals surface area contributed by atoms with Gasteiger partial charge in [-0.05, 0) is 18.6 Å². The first-order valence-electron chi connectivity index (χ1n) is 8.38. The van der Waals surface area contributed by atoms with Crippen molar-refractivity contribution in [3.63, 3.8) is 0 Å². The maximum absolute atomic E-state index is 13.2. The fourth-order valence-corrected chi connectivity index (χ4v) is 4.07. The molecule has 2 fully saturated rings. The Morgan fingerprint density at radius 1 is 1.37 bits per heavy atom. The van der Waals surface area contributed by atoms with Crippen LogP contribution >= 0.6 is 0 Å². The Morgan fingerprint density at radius 2 is 2.11 bits per heavy atom. The van der Waals surface area contributed by atoms with Crippen LogP contribution < -0.4 is 4.90 Å². The SMILES string of the molecule is CC(=O)OC[C@@]12C=C[C@@H](O1)[C@@H]1C(=O)N(c3cc([N+](=O)[O-])ccc3C)C(=O)[C@H]12. The highest BCUT2D eigenvalue weighted by molar-refractivity contribution is 6.23. The Balaban J connectivity index is 1.73. The molecule has 27 heavy (non-hydrogen) atoms. The number of esters is 1. The number of anilines is 1. The molecule has 0 aliphatic carbocycles. The molecule has 1 aromatic rings. The molecule has 2 bridgehead atoms. The zero-order chi connectivity index (χ0) is 19.5. The molecule has 3 aliphatic rings. The minimum Gasteiger partial charge on any atom is -0.462 e. The highest BCUT2D eigenvalue weighted by Crippen LogP contribution is 2.53. The summed E-state index contributed by atoms with van der Waals surface area (Å²) >= 11 is 0. The molecule has 4 rings (SSSR count). The molecule has 1 aromatic carbocycles. The van der Waals surface area contributed by atoms with Gasteiger partial charge in [-0.15, -0.1) is 0 Å². The average Bonchev–Trinajstić information content (AvgIpc) is 3.25. The van der Waals surface area contributed by atoms with E-state index in [-0.39, 0.29) is 18.0 Å². The molecule has 0 radical (unpaired) electrons. The van der Waals surface area contributed by atoms with Gasteiger partial charge in [0.15, 0.2) is 0 Å². The Morgan fingerprint density at radius 3 is 2.78 bits per heavy atom. The normalized spacial score (nSPS) is 30.7. The molecule has 4 atom stereocenters. The van der Waals surface area contributed by atoms with Gasteiger partial charge in [-0.1, -0.05) is 12.1 Å². The molecule has 3 aliphatic heterocycles. The van der Waals surface area contributed by atoms with Crippen LogP contribution in [0, 0.1) is 28.9 Å². The first-order valence-corrected chi connectivity index (χ1v) is 8.38. The summed E-state index contributed by atoms with van der Waals surface area (Å²) in [6.45, 7) is 2.75. The highest BCUT2D eigenvalue weighted by Gasteiger charge is 2.68. The molecule has 140 valence electrons. The van der Waals surface area contributed by atoms with Crippen LogP contribution in [0.5, 0.6) is 0 Å². The van der Waals surface area contributed by atoms with Crippen LogP contribution in [0.15, 0.2) is 30.4 Å². The summed E-state index contributed by atoms with van der Waals surface area (Å²) < 4.78 is 10.9. The standard InChI is InChI=1S/C18H16N2O7/c1-9-3-4-11(20(24)25)7-12(9)19-16(22)14-13-5-6-18(27-13,8-26-10(2)21)15(14)17(19)23/h3-7,13-15H,8H2,1-2H3/t13-,14+,15+,18-/m1/s1. The van der Waals surface area contributed by atoms with E-state index in [1.54, 1.807) is 19.1 Å². The molecule has 0 unspecified atom stereocenters. The van der Waals surface area contributed by atoms with Crippen molar-refractivity contribution >= 4 is 29.2 Å². The lowest BCUT2D eigenvalue weighted by Gasteiger charge is -2.28. The number of carbonyl (C=O) groups is 3. The van der Waals surface area contributed by atoms with Gasteiger partial charge in [0.05, 0.1) is 28.6 Å². The van der Waals surface area contributed by atoms with Crippen molar-refractivity contribution in [1.29, 1.82) is 0 Å². The third-order valence-electron chi connectivity index (χ3n) is 5.30. The maximum atomic E-state index is 13.2. The topological polar surface area (TPSA) is 116 Å². The lowest BCUT2D eigenvalue weighted by Crippen LogP contribution is -2.44. The van der Waals surface area contributed by atoms with Gasteiger partial charge in [0.1, 0.15) is 12.2 Å². The van der Waals surface area contributed by atoms with Gasteiger partial charge in [0.25, 0.3) is 5.69 Å². The van der Waals surface area contributed by atoms with Crippen molar-refractivity contribution in [2.24, 2.45) is 11.8 Å². The molecular formula is C18H16N2O7. The van der Waals surface area contributed by atoms with Crippen molar-refractivity contribution < 1.29 is 28.8 Å². The Kier molecular flexibility index (Phi) is 3.67. The molecule has 0 saturated carbocycles. The number of rotatable bonds is 4. The molecule has 0 spiro atoms. The van der Waals surface area contributed by atoms with Crippen LogP contribution in [-0.4, -0.2) is 41.0 Å². The highest BCUT2D eigenvalue weighted by atomic mass is 16.6. The second-order valence-electron chi connectivity index (χ2n) is 6.92. The fourth-order valence-electron chi connectivity index (χ4n) is 4.07. The van der Waals surface area contributed by atoms with Crippen LogP contribution in [0.4, 0.5) is 11.4 Å². The van der Waals surface area contributed by atoms with Gasteiger partial charge >= 0.3 is 5.97 Å². The van der Waals surface area contributed by atoms with E-state index >= 15 is 0 Å². The van der Waals surface area contributed by atoms with Crippen molar-refractivity contribution in [3.05, 3.63) is 46.0 Å². The number of ether oxygens (including phenoxy) is 2. The van der Waals surface area contributed by atoms with Crippen LogP contribution in [0.25, 0.3) is 0 Å². The Bertz CT molecular complexity index is 924. The number of imide groups is 1. The summed E-state index contributed by atoms with van der Waals surface area (Å²) in [5, 5.41) is 11.1. The second-order valence-corrected chi connectivity index (χ2v) is 6.92. The molecule has 9 nitrogen and oxygen atoms in total. The molecule has 3 heterocycles. The van der Waals surface area contributed by atoms with E-state index in [2.05, 4.69) is 0 Å². The van der Waals surface area contributed by atoms with E-state index in [0.29, 0.717) is 5.56 Å². The number of amides is 2. The van der Waals surface area contributed by atoms with Gasteiger partial charge in [-0.2, -0.15) is 0 Å². The predicted octanol–water partition coefficient (Wildman–Crippen LogP) is 1.28. The number of hydrogen-bond acceptors (Lipinski definition) is 7. The number of nitrogens with zero attached hydrogens (tertiary/aromatic N) is 2. The fraction of sp³-hybridized carbons (Fsp3) is 0.389. The summed E-state index contributed by atoms with van der Waals surface area (Å²) in [5.74, 6) is -3.06. The van der Waals surface area contributed by atoms with E-state index in [0.717, 1.165) is 4.90 Å². The van der Waals surface area contributed by atoms with Crippen LogP contribution in [0.3, 0.4) is 0 Å². The van der Waals surface area contributed by atoms with E-state index in [1.165, 1.54) is 25.1 Å². The van der Waals surface area contributed by atoms with E-state index in [4.69, 9.17) is 9.47 Å². The Labute approximate surface area is 153 Å². The third-order valence-corrected chi connectivity index (χ3v) is 5.30. The number of nitro benzene ring substituents is 1. The molecule has 2 amide bonds. The van der Waals surface area contributed by atoms with Crippen molar-refractivity contribution in [2.45, 2.75) is 25.6 Å². The van der Waals surface area contributed by atoms with Crippen LogP contribution in [0.2, 0.25) is 0 Å². The van der Waals surface area contributed by atoms with Gasteiger partial charge in [-0.25, -0.2) is 4.90 Å². The van der Waals surface area contributed by atoms with Gasteiger partial charge in [-0.3, -0.25) is 24.5 Å². The zero-order valence-corrected chi connectivity index (χ0v) is 14.6. The monoisotopic (exact) mass is 372 g/mol. The third kappa shape index (κ3) is 2.38. The molecule has 0 aromatic heterocycles.